The zero-order chi connectivity index (χ0) is 14.9. The molecule has 0 aliphatic heterocycles. The number of halogens is 1. The lowest BCUT2D eigenvalue weighted by atomic mass is 10.2. The van der Waals surface area contributed by atoms with E-state index in [0.717, 1.165) is 5.56 Å². The third-order valence-corrected chi connectivity index (χ3v) is 4.65. The van der Waals surface area contributed by atoms with Gasteiger partial charge in [-0.2, -0.15) is 0 Å². The van der Waals surface area contributed by atoms with Crippen molar-refractivity contribution in [3.63, 3.8) is 0 Å². The first-order chi connectivity index (χ1) is 9.29. The highest BCUT2D eigenvalue weighted by molar-refractivity contribution is 7.92. The minimum Gasteiger partial charge on any atom is -0.399 e. The molecule has 0 atom stereocenters. The van der Waals surface area contributed by atoms with E-state index in [1.165, 1.54) is 6.07 Å². The van der Waals surface area contributed by atoms with Crippen LogP contribution in [0.15, 0.2) is 41.3 Å². The fourth-order valence-corrected chi connectivity index (χ4v) is 3.29. The Hall–Kier alpha value is -1.72. The second-order valence-corrected chi connectivity index (χ2v) is 6.69. The number of nitrogen functional groups attached to an aromatic ring is 1. The number of nitrogens with two attached hydrogens (primary N) is 1. The largest absolute Gasteiger partial charge is 0.399 e. The molecule has 2 rings (SSSR count). The van der Waals surface area contributed by atoms with Gasteiger partial charge in [0.1, 0.15) is 0 Å². The summed E-state index contributed by atoms with van der Waals surface area (Å²) < 4.78 is 27.2. The molecule has 0 aliphatic rings. The maximum absolute atomic E-state index is 12.4. The minimum atomic E-state index is -3.69. The summed E-state index contributed by atoms with van der Waals surface area (Å²) in [5, 5.41) is 0.508. The molecule has 0 saturated carbocycles. The Kier molecular flexibility index (Phi) is 3.92. The van der Waals surface area contributed by atoms with Gasteiger partial charge in [0, 0.05) is 10.7 Å². The highest BCUT2D eigenvalue weighted by Crippen LogP contribution is 2.26. The number of rotatable bonds is 3. The molecule has 6 heteroatoms. The topological polar surface area (TPSA) is 72.2 Å². The molecular weight excluding hydrogens is 296 g/mol. The first-order valence-electron chi connectivity index (χ1n) is 5.95. The van der Waals surface area contributed by atoms with E-state index in [1.807, 2.05) is 0 Å². The minimum absolute atomic E-state index is 0.134. The van der Waals surface area contributed by atoms with Gasteiger partial charge in [0.05, 0.1) is 10.6 Å². The molecule has 0 saturated heterocycles. The van der Waals surface area contributed by atoms with Crippen LogP contribution in [0.3, 0.4) is 0 Å². The molecule has 4 nitrogen and oxygen atoms in total. The van der Waals surface area contributed by atoms with E-state index in [0.29, 0.717) is 22.0 Å². The molecule has 0 bridgehead atoms. The van der Waals surface area contributed by atoms with Gasteiger partial charge in [-0.1, -0.05) is 17.7 Å². The Balaban J connectivity index is 2.43. The van der Waals surface area contributed by atoms with Crippen molar-refractivity contribution in [3.05, 3.63) is 52.5 Å². The van der Waals surface area contributed by atoms with E-state index in [9.17, 15) is 8.42 Å². The van der Waals surface area contributed by atoms with Gasteiger partial charge in [0.25, 0.3) is 10.0 Å². The van der Waals surface area contributed by atoms with Crippen LogP contribution in [0.25, 0.3) is 0 Å². The SMILES string of the molecule is Cc1cc(N)cc(S(=O)(=O)Nc2cccc(Cl)c2C)c1. The van der Waals surface area contributed by atoms with Gasteiger partial charge in [-0.05, 0) is 55.3 Å². The number of sulfonamides is 1. The lowest BCUT2D eigenvalue weighted by Crippen LogP contribution is -2.14. The summed E-state index contributed by atoms with van der Waals surface area (Å²) in [5.41, 5.74) is 8.02. The molecule has 106 valence electrons. The van der Waals surface area contributed by atoms with E-state index >= 15 is 0 Å². The summed E-state index contributed by atoms with van der Waals surface area (Å²) in [4.78, 5) is 0.134. The highest BCUT2D eigenvalue weighted by atomic mass is 35.5. The van der Waals surface area contributed by atoms with Crippen molar-refractivity contribution in [1.29, 1.82) is 0 Å². The van der Waals surface area contributed by atoms with Crippen LogP contribution >= 0.6 is 11.6 Å². The van der Waals surface area contributed by atoms with E-state index < -0.39 is 10.0 Å². The van der Waals surface area contributed by atoms with Crippen molar-refractivity contribution in [2.24, 2.45) is 0 Å². The fourth-order valence-electron chi connectivity index (χ4n) is 1.85. The van der Waals surface area contributed by atoms with Crippen molar-refractivity contribution in [2.45, 2.75) is 18.7 Å². The molecule has 2 aromatic rings. The maximum atomic E-state index is 12.4. The number of aryl methyl sites for hydroxylation is 1. The van der Waals surface area contributed by atoms with Crippen molar-refractivity contribution < 1.29 is 8.42 Å². The van der Waals surface area contributed by atoms with Gasteiger partial charge in [0.2, 0.25) is 0 Å². The third-order valence-electron chi connectivity index (χ3n) is 2.90. The molecule has 20 heavy (non-hydrogen) atoms. The molecule has 0 heterocycles. The van der Waals surface area contributed by atoms with Crippen LogP contribution < -0.4 is 10.5 Å². The Labute approximate surface area is 123 Å². The lowest BCUT2D eigenvalue weighted by Gasteiger charge is -2.12. The maximum Gasteiger partial charge on any atom is 0.261 e. The third kappa shape index (κ3) is 3.05. The van der Waals surface area contributed by atoms with E-state index in [2.05, 4.69) is 4.72 Å². The highest BCUT2D eigenvalue weighted by Gasteiger charge is 2.16. The van der Waals surface area contributed by atoms with E-state index in [4.69, 9.17) is 17.3 Å². The molecule has 0 aromatic heterocycles. The normalized spacial score (nSPS) is 11.3. The van der Waals surface area contributed by atoms with E-state index in [-0.39, 0.29) is 4.90 Å². The Morgan fingerprint density at radius 1 is 1.15 bits per heavy atom. The van der Waals surface area contributed by atoms with Crippen molar-refractivity contribution in [2.75, 3.05) is 10.5 Å². The Morgan fingerprint density at radius 2 is 1.85 bits per heavy atom. The van der Waals surface area contributed by atoms with Crippen LogP contribution in [0.5, 0.6) is 0 Å². The quantitative estimate of drug-likeness (QED) is 0.854. The van der Waals surface area contributed by atoms with Gasteiger partial charge < -0.3 is 5.73 Å². The fraction of sp³-hybridized carbons (Fsp3) is 0.143. The van der Waals surface area contributed by atoms with Gasteiger partial charge in [-0.15, -0.1) is 0 Å². The molecule has 0 radical (unpaired) electrons. The van der Waals surface area contributed by atoms with Crippen molar-refractivity contribution in [1.82, 2.24) is 0 Å². The predicted octanol–water partition coefficient (Wildman–Crippen LogP) is 3.34. The summed E-state index contributed by atoms with van der Waals surface area (Å²) in [5.74, 6) is 0. The van der Waals surface area contributed by atoms with Crippen LogP contribution in [-0.4, -0.2) is 8.42 Å². The van der Waals surface area contributed by atoms with Gasteiger partial charge in [-0.25, -0.2) is 8.42 Å². The number of hydrogen-bond acceptors (Lipinski definition) is 3. The second-order valence-electron chi connectivity index (χ2n) is 4.60. The standard InChI is InChI=1S/C14H15ClN2O2S/c1-9-6-11(16)8-12(7-9)20(18,19)17-14-5-3-4-13(15)10(14)2/h3-8,17H,16H2,1-2H3. The smallest absolute Gasteiger partial charge is 0.261 e. The zero-order valence-electron chi connectivity index (χ0n) is 11.1. The lowest BCUT2D eigenvalue weighted by molar-refractivity contribution is 0.601. The number of benzene rings is 2. The molecule has 0 spiro atoms. The Morgan fingerprint density at radius 3 is 2.50 bits per heavy atom. The molecular formula is C14H15ClN2O2S. The van der Waals surface area contributed by atoms with Gasteiger partial charge in [-0.3, -0.25) is 4.72 Å². The van der Waals surface area contributed by atoms with Crippen LogP contribution in [0, 0.1) is 13.8 Å². The Bertz CT molecular complexity index is 738. The first-order valence-corrected chi connectivity index (χ1v) is 7.81. The molecule has 0 aliphatic carbocycles. The van der Waals surface area contributed by atoms with Crippen molar-refractivity contribution in [3.8, 4) is 0 Å². The van der Waals surface area contributed by atoms with Crippen LogP contribution in [0.1, 0.15) is 11.1 Å². The first kappa shape index (κ1) is 14.7. The molecule has 2 aromatic carbocycles. The monoisotopic (exact) mass is 310 g/mol. The summed E-state index contributed by atoms with van der Waals surface area (Å²) in [6.07, 6.45) is 0. The van der Waals surface area contributed by atoms with Crippen LogP contribution in [0.2, 0.25) is 5.02 Å². The summed E-state index contributed by atoms with van der Waals surface area (Å²) in [6, 6.07) is 9.77. The van der Waals surface area contributed by atoms with Gasteiger partial charge >= 0.3 is 0 Å². The van der Waals surface area contributed by atoms with Gasteiger partial charge in [0.15, 0.2) is 0 Å². The summed E-state index contributed by atoms with van der Waals surface area (Å²) in [6.45, 7) is 3.55. The van der Waals surface area contributed by atoms with Crippen LogP contribution in [-0.2, 0) is 10.0 Å². The summed E-state index contributed by atoms with van der Waals surface area (Å²) in [7, 11) is -3.69. The second kappa shape index (κ2) is 5.34. The van der Waals surface area contributed by atoms with Crippen LogP contribution in [0.4, 0.5) is 11.4 Å². The van der Waals surface area contributed by atoms with Crippen molar-refractivity contribution >= 4 is 33.0 Å². The molecule has 0 fully saturated rings. The number of hydrogen-bond donors (Lipinski definition) is 2. The number of anilines is 2. The summed E-state index contributed by atoms with van der Waals surface area (Å²) >= 11 is 5.98. The molecule has 0 unspecified atom stereocenters. The van der Waals surface area contributed by atoms with E-state index in [1.54, 1.807) is 44.2 Å². The number of nitrogens with one attached hydrogen (secondary N) is 1. The zero-order valence-corrected chi connectivity index (χ0v) is 12.7. The average Bonchev–Trinajstić information content (AvgIpc) is 2.33. The predicted molar refractivity (Wildman–Crippen MR) is 82.6 cm³/mol. The molecule has 3 N–H and O–H groups in total. The average molecular weight is 311 g/mol. The molecule has 0 amide bonds.